The molecule has 12 heteroatoms. The zero-order valence-electron chi connectivity index (χ0n) is 49.2. The Hall–Kier alpha value is -2.56. The third kappa shape index (κ3) is 56.2. The van der Waals surface area contributed by atoms with Crippen molar-refractivity contribution in [2.75, 3.05) is 26.4 Å². The Morgan fingerprint density at radius 3 is 1.08 bits per heavy atom. The third-order valence-corrected chi connectivity index (χ3v) is 14.7. The zero-order chi connectivity index (χ0) is 55.5. The minimum Gasteiger partial charge on any atom is -0.462 e. The Labute approximate surface area is 466 Å². The van der Waals surface area contributed by atoms with E-state index >= 15 is 0 Å². The van der Waals surface area contributed by atoms with E-state index in [0.717, 1.165) is 109 Å². The number of unbranched alkanes of at least 4 members (excludes halogenated alkanes) is 34. The molecule has 0 heterocycles. The molecule has 0 aliphatic heterocycles. The van der Waals surface area contributed by atoms with Crippen LogP contribution in [0.2, 0.25) is 0 Å². The predicted molar refractivity (Wildman–Crippen MR) is 316 cm³/mol. The first-order valence-corrected chi connectivity index (χ1v) is 33.0. The Balaban J connectivity index is 4.69. The van der Waals surface area contributed by atoms with E-state index in [9.17, 15) is 28.9 Å². The number of carbonyl (C=O) groups excluding carboxylic acids is 3. The lowest BCUT2D eigenvalue weighted by Crippen LogP contribution is -2.30. The van der Waals surface area contributed by atoms with Crippen molar-refractivity contribution < 1.29 is 52.2 Å². The number of phosphoric acid groups is 1. The molecule has 0 aromatic heterocycles. The maximum absolute atomic E-state index is 12.9. The molecule has 0 radical (unpaired) electrons. The summed E-state index contributed by atoms with van der Waals surface area (Å²) < 4.78 is 39.6. The summed E-state index contributed by atoms with van der Waals surface area (Å²) in [7, 11) is -4.75. The number of hydrogen-bond donors (Lipinski definition) is 2. The molecule has 0 bridgehead atoms. The molecule has 0 amide bonds. The fraction of sp³-hybridized carbons (Fsp3) is 0.828. The first-order chi connectivity index (χ1) is 37.2. The van der Waals surface area contributed by atoms with Crippen molar-refractivity contribution in [1.82, 2.24) is 0 Å². The molecule has 76 heavy (non-hydrogen) atoms. The normalized spacial score (nSPS) is 13.6. The third-order valence-electron chi connectivity index (χ3n) is 13.7. The van der Waals surface area contributed by atoms with Crippen LogP contribution in [0.5, 0.6) is 0 Å². The van der Waals surface area contributed by atoms with Crippen LogP contribution < -0.4 is 0 Å². The van der Waals surface area contributed by atoms with Crippen LogP contribution in [0.15, 0.2) is 48.6 Å². The number of hydrogen-bond acceptors (Lipinski definition) is 10. The average molecular weight is 1090 g/mol. The van der Waals surface area contributed by atoms with Crippen molar-refractivity contribution in [1.29, 1.82) is 0 Å². The van der Waals surface area contributed by atoms with Crippen molar-refractivity contribution in [3.63, 3.8) is 0 Å². The second-order valence-electron chi connectivity index (χ2n) is 21.2. The zero-order valence-corrected chi connectivity index (χ0v) is 50.1. The molecule has 444 valence electrons. The van der Waals surface area contributed by atoms with Gasteiger partial charge in [-0.2, -0.15) is 0 Å². The molecule has 0 spiro atoms. The van der Waals surface area contributed by atoms with Crippen LogP contribution in [0.1, 0.15) is 303 Å². The second-order valence-corrected chi connectivity index (χ2v) is 22.7. The van der Waals surface area contributed by atoms with Crippen molar-refractivity contribution in [3.05, 3.63) is 48.6 Å². The topological polar surface area (TPSA) is 155 Å². The van der Waals surface area contributed by atoms with Gasteiger partial charge in [-0.05, 0) is 77.0 Å². The van der Waals surface area contributed by atoms with Crippen LogP contribution in [-0.4, -0.2) is 66.5 Å². The summed E-state index contributed by atoms with van der Waals surface area (Å²) in [4.78, 5) is 48.7. The van der Waals surface area contributed by atoms with Crippen LogP contribution >= 0.6 is 7.82 Å². The van der Waals surface area contributed by atoms with Gasteiger partial charge in [-0.1, -0.05) is 256 Å². The van der Waals surface area contributed by atoms with E-state index in [2.05, 4.69) is 69.4 Å². The monoisotopic (exact) mass is 1090 g/mol. The molecule has 11 nitrogen and oxygen atoms in total. The maximum atomic E-state index is 12.9. The minimum absolute atomic E-state index is 0.158. The lowest BCUT2D eigenvalue weighted by atomic mass is 10.0. The lowest BCUT2D eigenvalue weighted by molar-refractivity contribution is -0.161. The van der Waals surface area contributed by atoms with Gasteiger partial charge in [0.05, 0.1) is 19.8 Å². The number of aliphatic hydroxyl groups is 1. The Morgan fingerprint density at radius 2 is 0.684 bits per heavy atom. The molecule has 0 saturated heterocycles. The Bertz CT molecular complexity index is 1460. The highest BCUT2D eigenvalue weighted by Gasteiger charge is 2.28. The number of allylic oxidation sites excluding steroid dienone is 8. The summed E-state index contributed by atoms with van der Waals surface area (Å²) in [6, 6.07) is 0. The SMILES string of the molecule is CC/C=C\C/C=C\C/C=C\CCCCCCCCCC(=O)OC(COC(=O)CCCCCCCCCCCCCCCCCCCCC)COP(=O)(O)OCC(CO)OC(=O)CCCCCCC/C=C\CCCCCC. The summed E-state index contributed by atoms with van der Waals surface area (Å²) in [5.74, 6) is -1.46. The van der Waals surface area contributed by atoms with Gasteiger partial charge in [-0.3, -0.25) is 23.4 Å². The number of rotatable bonds is 59. The molecule has 0 aromatic carbocycles. The van der Waals surface area contributed by atoms with Crippen molar-refractivity contribution in [2.45, 2.75) is 315 Å². The molecule has 3 unspecified atom stereocenters. The van der Waals surface area contributed by atoms with Crippen LogP contribution in [0, 0.1) is 0 Å². The van der Waals surface area contributed by atoms with Crippen LogP contribution in [0.4, 0.5) is 0 Å². The highest BCUT2D eigenvalue weighted by atomic mass is 31.2. The summed E-state index contributed by atoms with van der Waals surface area (Å²) in [6.45, 7) is 4.55. The van der Waals surface area contributed by atoms with Crippen molar-refractivity contribution in [3.8, 4) is 0 Å². The average Bonchev–Trinajstić information content (AvgIpc) is 3.41. The highest BCUT2D eigenvalue weighted by molar-refractivity contribution is 7.47. The van der Waals surface area contributed by atoms with Gasteiger partial charge in [-0.15, -0.1) is 0 Å². The first kappa shape index (κ1) is 73.4. The number of carbonyl (C=O) groups is 3. The molecule has 0 aliphatic carbocycles. The van der Waals surface area contributed by atoms with Crippen molar-refractivity contribution >= 4 is 25.7 Å². The highest BCUT2D eigenvalue weighted by Crippen LogP contribution is 2.43. The largest absolute Gasteiger partial charge is 0.472 e. The smallest absolute Gasteiger partial charge is 0.462 e. The Morgan fingerprint density at radius 1 is 0.382 bits per heavy atom. The molecular formula is C64H117O11P. The molecule has 0 fully saturated rings. The van der Waals surface area contributed by atoms with Gasteiger partial charge in [0.2, 0.25) is 0 Å². The van der Waals surface area contributed by atoms with Gasteiger partial charge in [0.15, 0.2) is 6.10 Å². The second kappa shape index (κ2) is 58.6. The minimum atomic E-state index is -4.75. The summed E-state index contributed by atoms with van der Waals surface area (Å²) in [5, 5.41) is 9.83. The van der Waals surface area contributed by atoms with Gasteiger partial charge in [-0.25, -0.2) is 4.57 Å². The molecule has 2 N–H and O–H groups in total. The van der Waals surface area contributed by atoms with E-state index in [-0.39, 0.29) is 25.9 Å². The fourth-order valence-electron chi connectivity index (χ4n) is 8.96. The fourth-order valence-corrected chi connectivity index (χ4v) is 9.74. The predicted octanol–water partition coefficient (Wildman–Crippen LogP) is 18.9. The van der Waals surface area contributed by atoms with Gasteiger partial charge in [0.25, 0.3) is 0 Å². The molecular weight excluding hydrogens is 976 g/mol. The number of esters is 3. The van der Waals surface area contributed by atoms with Gasteiger partial charge in [0.1, 0.15) is 12.7 Å². The van der Waals surface area contributed by atoms with Crippen LogP contribution in [0.25, 0.3) is 0 Å². The summed E-state index contributed by atoms with van der Waals surface area (Å²) >= 11 is 0. The van der Waals surface area contributed by atoms with E-state index in [0.29, 0.717) is 19.3 Å². The molecule has 0 rings (SSSR count). The van der Waals surface area contributed by atoms with Gasteiger partial charge >= 0.3 is 25.7 Å². The number of ether oxygens (including phenoxy) is 3. The molecule has 0 aromatic rings. The van der Waals surface area contributed by atoms with E-state index in [1.165, 1.54) is 135 Å². The molecule has 0 saturated carbocycles. The van der Waals surface area contributed by atoms with E-state index in [4.69, 9.17) is 23.3 Å². The van der Waals surface area contributed by atoms with E-state index in [1.54, 1.807) is 0 Å². The van der Waals surface area contributed by atoms with Crippen molar-refractivity contribution in [2.24, 2.45) is 0 Å². The van der Waals surface area contributed by atoms with Gasteiger partial charge < -0.3 is 24.2 Å². The van der Waals surface area contributed by atoms with Crippen LogP contribution in [-0.2, 0) is 42.2 Å². The lowest BCUT2D eigenvalue weighted by Gasteiger charge is -2.21. The molecule has 3 atom stereocenters. The number of aliphatic hydroxyl groups excluding tert-OH is 1. The summed E-state index contributed by atoms with van der Waals surface area (Å²) in [5.41, 5.74) is 0. The molecule has 0 aliphatic rings. The number of phosphoric ester groups is 1. The summed E-state index contributed by atoms with van der Waals surface area (Å²) in [6.07, 6.45) is 63.5. The Kier molecular flexibility index (Phi) is 56.6. The first-order valence-electron chi connectivity index (χ1n) is 31.5. The quantitative estimate of drug-likeness (QED) is 0.0197. The van der Waals surface area contributed by atoms with E-state index < -0.39 is 57.8 Å². The van der Waals surface area contributed by atoms with Gasteiger partial charge in [0, 0.05) is 19.3 Å². The maximum Gasteiger partial charge on any atom is 0.472 e. The van der Waals surface area contributed by atoms with E-state index in [1.807, 2.05) is 0 Å². The van der Waals surface area contributed by atoms with Crippen LogP contribution in [0.3, 0.4) is 0 Å². The standard InChI is InChI=1S/C64H117O11P/c1-4-7-10-13-16-19-22-25-27-29-30-32-33-36-38-41-44-47-50-53-62(66)71-57-61(75-64(68)55-52-49-46-43-40-37-34-31-28-26-23-20-17-14-11-8-5-2)59-73-76(69,70)72-58-60(56-65)74-63(67)54-51-48-45-42-39-35-24-21-18-15-12-9-6-3/h8,11,17,20-21,24,26,28,60-61,65H,4-7,9-10,12-16,18-19,22-23,25,27,29-59H2,1-3H3,(H,69,70)/b11-8-,20-17-,24-21-,28-26-.